The monoisotopic (exact) mass is 460 g/mol. The van der Waals surface area contributed by atoms with Gasteiger partial charge in [-0.05, 0) is 111 Å². The van der Waals surface area contributed by atoms with Crippen LogP contribution in [0.25, 0.3) is 0 Å². The second kappa shape index (κ2) is 9.30. The van der Waals surface area contributed by atoms with E-state index in [-0.39, 0.29) is 24.1 Å². The van der Waals surface area contributed by atoms with E-state index in [2.05, 4.69) is 27.4 Å². The van der Waals surface area contributed by atoms with Gasteiger partial charge < -0.3 is 14.9 Å². The van der Waals surface area contributed by atoms with E-state index in [1.165, 1.54) is 57.4 Å². The molecule has 0 aromatic heterocycles. The minimum absolute atomic E-state index is 0.0833. The first-order valence-corrected chi connectivity index (χ1v) is 13.7. The lowest BCUT2D eigenvalue weighted by Crippen LogP contribution is -2.61. The molecule has 0 aliphatic heterocycles. The summed E-state index contributed by atoms with van der Waals surface area (Å²) in [5.74, 6) is 4.08. The van der Waals surface area contributed by atoms with Crippen LogP contribution in [0.4, 0.5) is 0 Å². The highest BCUT2D eigenvalue weighted by atomic mass is 16.5. The van der Waals surface area contributed by atoms with Gasteiger partial charge in [-0.2, -0.15) is 0 Å². The van der Waals surface area contributed by atoms with Gasteiger partial charge in [-0.25, -0.2) is 0 Å². The molecule has 10 atom stereocenters. The fraction of sp³-hybridized carbons (Fsp3) is 0.897. The molecule has 0 amide bonds. The van der Waals surface area contributed by atoms with Crippen molar-refractivity contribution < 1.29 is 19.7 Å². The molecule has 4 nitrogen and oxygen atoms in total. The molecule has 5 aliphatic rings. The third kappa shape index (κ3) is 3.73. The molecule has 5 rings (SSSR count). The molecule has 4 heteroatoms. The number of hydrogen-bond donors (Lipinski definition) is 2. The summed E-state index contributed by atoms with van der Waals surface area (Å²) in [6, 6.07) is 0. The maximum absolute atomic E-state index is 12.9. The predicted molar refractivity (Wildman–Crippen MR) is 131 cm³/mol. The van der Waals surface area contributed by atoms with Gasteiger partial charge in [0.2, 0.25) is 0 Å². The molecular formula is C29H48O4. The quantitative estimate of drug-likeness (QED) is 0.406. The number of aliphatic hydroxyl groups excluding tert-OH is 2. The first-order chi connectivity index (χ1) is 15.7. The van der Waals surface area contributed by atoms with Gasteiger partial charge in [0.15, 0.2) is 0 Å². The number of rotatable bonds is 2. The zero-order valence-corrected chi connectivity index (χ0v) is 21.5. The van der Waals surface area contributed by atoms with Crippen LogP contribution >= 0.6 is 0 Å². The normalized spacial score (nSPS) is 50.4. The third-order valence-corrected chi connectivity index (χ3v) is 11.8. The van der Waals surface area contributed by atoms with E-state index in [1.54, 1.807) is 7.11 Å². The summed E-state index contributed by atoms with van der Waals surface area (Å²) in [4.78, 5) is 12.9. The first kappa shape index (κ1) is 25.2. The minimum Gasteiger partial charge on any atom is -0.469 e. The molecule has 0 aromatic rings. The van der Waals surface area contributed by atoms with Crippen molar-refractivity contribution in [2.75, 3.05) is 13.7 Å². The van der Waals surface area contributed by atoms with Crippen molar-refractivity contribution in [3.63, 3.8) is 0 Å². The largest absolute Gasteiger partial charge is 0.469 e. The van der Waals surface area contributed by atoms with E-state index >= 15 is 0 Å². The average molecular weight is 461 g/mol. The number of fused-ring (bicyclic) bond motifs is 7. The van der Waals surface area contributed by atoms with E-state index in [4.69, 9.17) is 9.84 Å². The summed E-state index contributed by atoms with van der Waals surface area (Å²) in [5.41, 5.74) is 0.647. The average Bonchev–Trinajstić information content (AvgIpc) is 3.27. The molecule has 10 unspecified atom stereocenters. The van der Waals surface area contributed by atoms with Crippen LogP contribution in [0.2, 0.25) is 0 Å². The van der Waals surface area contributed by atoms with Gasteiger partial charge in [0, 0.05) is 0 Å². The van der Waals surface area contributed by atoms with Gasteiger partial charge in [-0.15, -0.1) is 6.58 Å². The first-order valence-electron chi connectivity index (χ1n) is 13.7. The molecule has 5 saturated carbocycles. The summed E-state index contributed by atoms with van der Waals surface area (Å²) in [7, 11) is 1.59. The topological polar surface area (TPSA) is 66.8 Å². The lowest BCUT2D eigenvalue weighted by molar-refractivity contribution is -0.200. The number of methoxy groups -OCH3 is 1. The van der Waals surface area contributed by atoms with Crippen molar-refractivity contribution in [3.8, 4) is 0 Å². The third-order valence-electron chi connectivity index (χ3n) is 11.8. The van der Waals surface area contributed by atoms with Gasteiger partial charge in [-0.1, -0.05) is 33.3 Å². The molecule has 0 bridgehead atoms. The molecule has 2 N–H and O–H groups in total. The number of carbonyl (C=O) groups is 1. The summed E-state index contributed by atoms with van der Waals surface area (Å²) in [6.45, 7) is 10.8. The Hall–Kier alpha value is -0.870. The fourth-order valence-corrected chi connectivity index (χ4v) is 10.4. The number of esters is 1. The highest BCUT2D eigenvalue weighted by molar-refractivity contribution is 5.77. The maximum Gasteiger partial charge on any atom is 0.312 e. The molecular weight excluding hydrogens is 412 g/mol. The maximum atomic E-state index is 12.9. The molecule has 5 fully saturated rings. The van der Waals surface area contributed by atoms with Crippen molar-refractivity contribution in [1.29, 1.82) is 0 Å². The Morgan fingerprint density at radius 2 is 1.61 bits per heavy atom. The van der Waals surface area contributed by atoms with Crippen LogP contribution in [-0.4, -0.2) is 36.0 Å². The molecule has 0 aromatic carbocycles. The molecule has 0 saturated heterocycles. The van der Waals surface area contributed by atoms with Gasteiger partial charge in [0.25, 0.3) is 0 Å². The van der Waals surface area contributed by atoms with Gasteiger partial charge in [-0.3, -0.25) is 4.79 Å². The smallest absolute Gasteiger partial charge is 0.312 e. The van der Waals surface area contributed by atoms with Crippen LogP contribution in [0.3, 0.4) is 0 Å². The van der Waals surface area contributed by atoms with Crippen molar-refractivity contribution in [1.82, 2.24) is 0 Å². The van der Waals surface area contributed by atoms with E-state index in [9.17, 15) is 9.90 Å². The fourth-order valence-electron chi connectivity index (χ4n) is 10.4. The Balaban J connectivity index is 0.000000601. The Morgan fingerprint density at radius 1 is 0.970 bits per heavy atom. The van der Waals surface area contributed by atoms with Crippen LogP contribution in [0.5, 0.6) is 0 Å². The van der Waals surface area contributed by atoms with Gasteiger partial charge >= 0.3 is 5.97 Å². The molecule has 0 spiro atoms. The van der Waals surface area contributed by atoms with Crippen LogP contribution < -0.4 is 0 Å². The lowest BCUT2D eigenvalue weighted by atomic mass is 9.37. The zero-order valence-electron chi connectivity index (χ0n) is 21.5. The molecule has 188 valence electrons. The van der Waals surface area contributed by atoms with E-state index in [0.29, 0.717) is 28.6 Å². The second-order valence-electron chi connectivity index (χ2n) is 12.7. The van der Waals surface area contributed by atoms with E-state index in [1.807, 2.05) is 0 Å². The molecule has 0 radical (unpaired) electrons. The highest BCUT2D eigenvalue weighted by Crippen LogP contribution is 2.71. The molecule has 0 heterocycles. The number of hydrogen-bond acceptors (Lipinski definition) is 4. The minimum atomic E-state index is -0.163. The number of carbonyl (C=O) groups excluding carboxylic acids is 1. The van der Waals surface area contributed by atoms with Crippen LogP contribution in [0.1, 0.15) is 91.4 Å². The standard InChI is InChI=1S/C26H42O3.C3H6O/c1-16-18-9-13-25(3)19-10-15-26(23(28)29-4)12-5-6-20(26)17(19)7-8-22(25)24(18,2)14-11-21(16)27;1-2-3-4/h16-22,27H,5-15H2,1-4H3;2,4H,1,3H2. The number of ether oxygens (including phenoxy) is 1. The van der Waals surface area contributed by atoms with Gasteiger partial charge in [0.1, 0.15) is 0 Å². The SMILES string of the molecule is C=CCO.COC(=O)C12CCCC1C1CCC3C4(C)CCC(O)C(C)C4CCC3(C)C1CC2. The van der Waals surface area contributed by atoms with Crippen LogP contribution in [-0.2, 0) is 9.53 Å². The van der Waals surface area contributed by atoms with Crippen molar-refractivity contribution in [2.24, 2.45) is 51.8 Å². The molecule has 5 aliphatic carbocycles. The van der Waals surface area contributed by atoms with Crippen molar-refractivity contribution >= 4 is 5.97 Å². The van der Waals surface area contributed by atoms with E-state index in [0.717, 1.165) is 37.0 Å². The second-order valence-corrected chi connectivity index (χ2v) is 12.7. The summed E-state index contributed by atoms with van der Waals surface area (Å²) in [5, 5.41) is 18.3. The van der Waals surface area contributed by atoms with E-state index < -0.39 is 0 Å². The molecule has 33 heavy (non-hydrogen) atoms. The van der Waals surface area contributed by atoms with Gasteiger partial charge in [0.05, 0.1) is 25.2 Å². The summed E-state index contributed by atoms with van der Waals surface area (Å²) < 4.78 is 5.35. The predicted octanol–water partition coefficient (Wildman–Crippen LogP) is 5.76. The zero-order chi connectivity index (χ0) is 24.0. The van der Waals surface area contributed by atoms with Crippen LogP contribution in [0, 0.1) is 51.8 Å². The van der Waals surface area contributed by atoms with Crippen molar-refractivity contribution in [3.05, 3.63) is 12.7 Å². The number of aliphatic hydroxyl groups is 2. The highest BCUT2D eigenvalue weighted by Gasteiger charge is 2.66. The van der Waals surface area contributed by atoms with Crippen molar-refractivity contribution in [2.45, 2.75) is 97.5 Å². The summed E-state index contributed by atoms with van der Waals surface area (Å²) >= 11 is 0. The van der Waals surface area contributed by atoms with Crippen LogP contribution in [0.15, 0.2) is 12.7 Å². The Morgan fingerprint density at radius 3 is 2.27 bits per heavy atom. The lowest BCUT2D eigenvalue weighted by Gasteiger charge is -2.67. The Kier molecular flexibility index (Phi) is 7.11. The summed E-state index contributed by atoms with van der Waals surface area (Å²) in [6.07, 6.45) is 14.6. The Bertz CT molecular complexity index is 735. The Labute approximate surface area is 201 Å².